The number of ether oxygens (including phenoxy) is 1. The van der Waals surface area contributed by atoms with Crippen molar-refractivity contribution in [3.05, 3.63) is 65.1 Å². The maximum absolute atomic E-state index is 12.9. The van der Waals surface area contributed by atoms with Gasteiger partial charge in [-0.25, -0.2) is 9.97 Å². The average Bonchev–Trinajstić information content (AvgIpc) is 3.29. The maximum Gasteiger partial charge on any atom is 0.261 e. The molecule has 1 amide bonds. The van der Waals surface area contributed by atoms with Gasteiger partial charge in [-0.1, -0.05) is 6.07 Å². The third kappa shape index (κ3) is 3.29. The molecule has 3 aromatic heterocycles. The van der Waals surface area contributed by atoms with Crippen molar-refractivity contribution >= 4 is 28.0 Å². The van der Waals surface area contributed by atoms with Crippen LogP contribution in [-0.4, -0.2) is 27.4 Å². The lowest BCUT2D eigenvalue weighted by atomic mass is 10.00. The van der Waals surface area contributed by atoms with E-state index in [2.05, 4.69) is 15.3 Å². The molecule has 0 unspecified atom stereocenters. The zero-order valence-electron chi connectivity index (χ0n) is 15.2. The average molecular weight is 378 g/mol. The molecule has 0 aliphatic heterocycles. The van der Waals surface area contributed by atoms with E-state index in [4.69, 9.17) is 4.74 Å². The Balaban J connectivity index is 1.81. The minimum Gasteiger partial charge on any atom is -0.497 e. The highest BCUT2D eigenvalue weighted by Gasteiger charge is 2.16. The van der Waals surface area contributed by atoms with Crippen LogP contribution in [0.3, 0.4) is 0 Å². The van der Waals surface area contributed by atoms with Crippen LogP contribution in [0.1, 0.15) is 21.6 Å². The van der Waals surface area contributed by atoms with Crippen molar-refractivity contribution in [3.63, 3.8) is 0 Å². The number of imidazole rings is 1. The van der Waals surface area contributed by atoms with Crippen molar-refractivity contribution in [2.24, 2.45) is 0 Å². The lowest BCUT2D eigenvalue weighted by molar-refractivity contribution is 0.102. The molecule has 1 aromatic carbocycles. The number of hydrogen-bond acceptors (Lipinski definition) is 5. The number of rotatable bonds is 4. The summed E-state index contributed by atoms with van der Waals surface area (Å²) < 4.78 is 7.21. The summed E-state index contributed by atoms with van der Waals surface area (Å²) in [6.07, 6.45) is 5.48. The Morgan fingerprint density at radius 3 is 2.85 bits per heavy atom. The normalized spacial score (nSPS) is 10.9. The van der Waals surface area contributed by atoms with Gasteiger partial charge >= 0.3 is 0 Å². The maximum atomic E-state index is 12.9. The molecule has 0 aliphatic rings. The molecule has 7 heteroatoms. The fourth-order valence-corrected chi connectivity index (χ4v) is 3.65. The van der Waals surface area contributed by atoms with Crippen LogP contribution in [0.4, 0.5) is 5.13 Å². The van der Waals surface area contributed by atoms with Gasteiger partial charge in [0.15, 0.2) is 5.13 Å². The van der Waals surface area contributed by atoms with E-state index in [1.165, 1.54) is 11.3 Å². The molecule has 0 saturated carbocycles. The number of anilines is 1. The lowest BCUT2D eigenvalue weighted by Gasteiger charge is -2.12. The molecule has 4 aromatic rings. The molecular formula is C20H18N4O2S. The van der Waals surface area contributed by atoms with E-state index in [1.54, 1.807) is 13.3 Å². The summed E-state index contributed by atoms with van der Waals surface area (Å²) in [6, 6.07) is 7.76. The summed E-state index contributed by atoms with van der Waals surface area (Å²) >= 11 is 1.40. The first-order valence-corrected chi connectivity index (χ1v) is 9.28. The largest absolute Gasteiger partial charge is 0.497 e. The summed E-state index contributed by atoms with van der Waals surface area (Å²) in [5.41, 5.74) is 4.98. The number of fused-ring (bicyclic) bond motifs is 1. The molecule has 0 saturated heterocycles. The highest BCUT2D eigenvalue weighted by atomic mass is 32.1. The van der Waals surface area contributed by atoms with Crippen LogP contribution in [0, 0.1) is 13.8 Å². The second-order valence-corrected chi connectivity index (χ2v) is 7.09. The highest BCUT2D eigenvalue weighted by Crippen LogP contribution is 2.29. The van der Waals surface area contributed by atoms with Gasteiger partial charge in [0.1, 0.15) is 11.4 Å². The predicted molar refractivity (Wildman–Crippen MR) is 107 cm³/mol. The number of hydrogen-bond donors (Lipinski definition) is 1. The van der Waals surface area contributed by atoms with Crippen molar-refractivity contribution in [3.8, 4) is 16.9 Å². The smallest absolute Gasteiger partial charge is 0.261 e. The number of aromatic nitrogens is 3. The van der Waals surface area contributed by atoms with E-state index in [1.807, 2.05) is 60.3 Å². The van der Waals surface area contributed by atoms with Gasteiger partial charge in [-0.15, -0.1) is 11.3 Å². The fourth-order valence-electron chi connectivity index (χ4n) is 2.96. The minimum absolute atomic E-state index is 0.233. The fraction of sp³-hybridized carbons (Fsp3) is 0.150. The number of nitrogens with zero attached hydrogens (tertiary/aromatic N) is 3. The van der Waals surface area contributed by atoms with Gasteiger partial charge in [0.2, 0.25) is 0 Å². The second kappa shape index (κ2) is 6.85. The van der Waals surface area contributed by atoms with Crippen LogP contribution >= 0.6 is 11.3 Å². The molecule has 0 fully saturated rings. The monoisotopic (exact) mass is 378 g/mol. The molecule has 1 N–H and O–H groups in total. The zero-order chi connectivity index (χ0) is 19.0. The van der Waals surface area contributed by atoms with Gasteiger partial charge in [-0.2, -0.15) is 0 Å². The first kappa shape index (κ1) is 17.2. The number of pyridine rings is 1. The number of carbonyl (C=O) groups is 1. The topological polar surface area (TPSA) is 68.5 Å². The molecule has 6 nitrogen and oxygen atoms in total. The number of nitrogens with one attached hydrogen (secondary N) is 1. The Morgan fingerprint density at radius 1 is 1.26 bits per heavy atom. The molecular weight excluding hydrogens is 360 g/mol. The van der Waals surface area contributed by atoms with Gasteiger partial charge < -0.3 is 9.14 Å². The van der Waals surface area contributed by atoms with E-state index in [-0.39, 0.29) is 5.91 Å². The number of aryl methyl sites for hydroxylation is 2. The van der Waals surface area contributed by atoms with E-state index in [0.29, 0.717) is 16.3 Å². The van der Waals surface area contributed by atoms with Crippen molar-refractivity contribution in [1.29, 1.82) is 0 Å². The van der Waals surface area contributed by atoms with E-state index in [0.717, 1.165) is 28.1 Å². The number of thiazole rings is 1. The van der Waals surface area contributed by atoms with Gasteiger partial charge in [-0.05, 0) is 48.7 Å². The van der Waals surface area contributed by atoms with E-state index < -0.39 is 0 Å². The van der Waals surface area contributed by atoms with Crippen LogP contribution in [0.15, 0.2) is 48.2 Å². The number of carbonyl (C=O) groups excluding carboxylic acids is 1. The van der Waals surface area contributed by atoms with Gasteiger partial charge in [0.05, 0.1) is 18.4 Å². The quantitative estimate of drug-likeness (QED) is 0.574. The minimum atomic E-state index is -0.233. The molecule has 136 valence electrons. The molecule has 0 bridgehead atoms. The Kier molecular flexibility index (Phi) is 4.37. The van der Waals surface area contributed by atoms with Crippen molar-refractivity contribution in [2.75, 3.05) is 12.4 Å². The Hall–Kier alpha value is -3.19. The zero-order valence-corrected chi connectivity index (χ0v) is 16.0. The molecule has 0 atom stereocenters. The summed E-state index contributed by atoms with van der Waals surface area (Å²) in [6.45, 7) is 3.93. The van der Waals surface area contributed by atoms with Crippen LogP contribution in [0.2, 0.25) is 0 Å². The lowest BCUT2D eigenvalue weighted by Crippen LogP contribution is -2.13. The van der Waals surface area contributed by atoms with Crippen molar-refractivity contribution in [1.82, 2.24) is 14.4 Å². The molecule has 3 heterocycles. The van der Waals surface area contributed by atoms with Crippen molar-refractivity contribution < 1.29 is 9.53 Å². The molecule has 0 radical (unpaired) electrons. The molecule has 27 heavy (non-hydrogen) atoms. The Morgan fingerprint density at radius 2 is 2.11 bits per heavy atom. The number of benzene rings is 1. The van der Waals surface area contributed by atoms with Crippen LogP contribution in [0.25, 0.3) is 16.8 Å². The van der Waals surface area contributed by atoms with E-state index in [9.17, 15) is 4.79 Å². The van der Waals surface area contributed by atoms with Gasteiger partial charge in [0, 0.05) is 24.0 Å². The van der Waals surface area contributed by atoms with Crippen LogP contribution in [0.5, 0.6) is 5.75 Å². The third-order valence-corrected chi connectivity index (χ3v) is 5.20. The SMILES string of the molecule is COc1ccc(C)c(-c2cc(C(=O)Nc3nc(C)cs3)c3nccn3c2)c1. The van der Waals surface area contributed by atoms with Crippen LogP contribution < -0.4 is 10.1 Å². The predicted octanol–water partition coefficient (Wildman–Crippen LogP) is 4.34. The highest BCUT2D eigenvalue weighted by molar-refractivity contribution is 7.13. The standard InChI is InChI=1S/C20H18N4O2S/c1-12-4-5-15(26-3)9-16(12)14-8-17(18-21-6-7-24(18)10-14)19(25)23-20-22-13(2)11-27-20/h4-11H,1-3H3,(H,22,23,25). The Bertz CT molecular complexity index is 1150. The van der Waals surface area contributed by atoms with E-state index >= 15 is 0 Å². The number of methoxy groups -OCH3 is 1. The Labute approximate surface area is 160 Å². The summed E-state index contributed by atoms with van der Waals surface area (Å²) in [4.78, 5) is 21.5. The molecule has 0 spiro atoms. The second-order valence-electron chi connectivity index (χ2n) is 6.23. The van der Waals surface area contributed by atoms with Crippen LogP contribution in [-0.2, 0) is 0 Å². The first-order valence-electron chi connectivity index (χ1n) is 8.40. The summed E-state index contributed by atoms with van der Waals surface area (Å²) in [5, 5.41) is 5.34. The summed E-state index contributed by atoms with van der Waals surface area (Å²) in [5.74, 6) is 0.536. The molecule has 0 aliphatic carbocycles. The van der Waals surface area contributed by atoms with Crippen molar-refractivity contribution in [2.45, 2.75) is 13.8 Å². The van der Waals surface area contributed by atoms with Gasteiger partial charge in [0.25, 0.3) is 5.91 Å². The van der Waals surface area contributed by atoms with Gasteiger partial charge in [-0.3, -0.25) is 10.1 Å². The number of amides is 1. The summed E-state index contributed by atoms with van der Waals surface area (Å²) in [7, 11) is 1.64. The third-order valence-electron chi connectivity index (χ3n) is 4.33. The molecule has 4 rings (SSSR count). The first-order chi connectivity index (χ1) is 13.0.